The fraction of sp³-hybridized carbons (Fsp3) is 0.0625. The molecule has 0 aliphatic rings. The Labute approximate surface area is 120 Å². The molecule has 2 aromatic rings. The van der Waals surface area contributed by atoms with E-state index in [4.69, 9.17) is 5.73 Å². The van der Waals surface area contributed by atoms with Gasteiger partial charge in [0.2, 0.25) is 0 Å². The van der Waals surface area contributed by atoms with Crippen LogP contribution < -0.4 is 11.1 Å². The lowest BCUT2D eigenvalue weighted by atomic mass is 10.1. The lowest BCUT2D eigenvalue weighted by molar-refractivity contribution is 0.102. The van der Waals surface area contributed by atoms with Crippen molar-refractivity contribution in [3.8, 4) is 11.8 Å². The van der Waals surface area contributed by atoms with Crippen LogP contribution in [0.15, 0.2) is 42.5 Å². The van der Waals surface area contributed by atoms with Gasteiger partial charge in [-0.1, -0.05) is 17.9 Å². The molecule has 0 saturated carbocycles. The molecule has 5 heteroatoms. The van der Waals surface area contributed by atoms with Crippen LogP contribution >= 0.6 is 0 Å². The molecule has 3 N–H and O–H groups in total. The summed E-state index contributed by atoms with van der Waals surface area (Å²) in [5, 5.41) is 2.49. The molecule has 0 spiro atoms. The molecule has 2 rings (SSSR count). The smallest absolute Gasteiger partial charge is 0.258 e. The van der Waals surface area contributed by atoms with E-state index in [0.717, 1.165) is 11.6 Å². The van der Waals surface area contributed by atoms with Gasteiger partial charge < -0.3 is 11.1 Å². The minimum atomic E-state index is -1.17. The van der Waals surface area contributed by atoms with Gasteiger partial charge in [0.25, 0.3) is 5.91 Å². The fourth-order valence-corrected chi connectivity index (χ4v) is 1.67. The molecule has 0 fully saturated rings. The van der Waals surface area contributed by atoms with E-state index in [2.05, 4.69) is 17.2 Å². The number of rotatable bonds is 2. The highest BCUT2D eigenvalue weighted by Crippen LogP contribution is 2.15. The standard InChI is InChI=1S/C16H12F2N2O/c17-14-5-1-4-13(15(14)18)16(21)20-12-8-6-11(7-9-12)3-2-10-19/h1,4-9H,10,19H2,(H,20,21). The first-order chi connectivity index (χ1) is 10.1. The summed E-state index contributed by atoms with van der Waals surface area (Å²) >= 11 is 0. The first kappa shape index (κ1) is 14.7. The van der Waals surface area contributed by atoms with Gasteiger partial charge in [0.15, 0.2) is 11.6 Å². The number of hydrogen-bond acceptors (Lipinski definition) is 2. The first-order valence-corrected chi connectivity index (χ1v) is 6.16. The second-order valence-corrected chi connectivity index (χ2v) is 4.14. The van der Waals surface area contributed by atoms with Crippen LogP contribution in [0.1, 0.15) is 15.9 Å². The zero-order valence-corrected chi connectivity index (χ0v) is 11.0. The quantitative estimate of drug-likeness (QED) is 0.834. The Morgan fingerprint density at radius 1 is 1.14 bits per heavy atom. The van der Waals surface area contributed by atoms with Crippen LogP contribution in [0.25, 0.3) is 0 Å². The molecule has 0 aliphatic heterocycles. The predicted molar refractivity (Wildman–Crippen MR) is 76.7 cm³/mol. The van der Waals surface area contributed by atoms with Gasteiger partial charge in [0, 0.05) is 11.3 Å². The molecule has 0 atom stereocenters. The summed E-state index contributed by atoms with van der Waals surface area (Å²) in [6.45, 7) is 0.261. The van der Waals surface area contributed by atoms with Crippen molar-refractivity contribution in [1.82, 2.24) is 0 Å². The van der Waals surface area contributed by atoms with Gasteiger partial charge in [0.1, 0.15) is 0 Å². The maximum atomic E-state index is 13.5. The van der Waals surface area contributed by atoms with E-state index in [9.17, 15) is 13.6 Å². The Balaban J connectivity index is 2.14. The summed E-state index contributed by atoms with van der Waals surface area (Å²) in [6.07, 6.45) is 0. The molecule has 2 aromatic carbocycles. The van der Waals surface area contributed by atoms with Gasteiger partial charge in [-0.25, -0.2) is 8.78 Å². The molecule has 0 aromatic heterocycles. The number of carbonyl (C=O) groups excluding carboxylic acids is 1. The van der Waals surface area contributed by atoms with Crippen molar-refractivity contribution in [3.63, 3.8) is 0 Å². The maximum Gasteiger partial charge on any atom is 0.258 e. The van der Waals surface area contributed by atoms with Crippen LogP contribution in [0.4, 0.5) is 14.5 Å². The summed E-state index contributed by atoms with van der Waals surface area (Å²) in [7, 11) is 0. The molecule has 0 heterocycles. The number of halogens is 2. The minimum Gasteiger partial charge on any atom is -0.322 e. The molecular weight excluding hydrogens is 274 g/mol. The van der Waals surface area contributed by atoms with Crippen LogP contribution in [0.5, 0.6) is 0 Å². The minimum absolute atomic E-state index is 0.261. The average Bonchev–Trinajstić information content (AvgIpc) is 2.49. The monoisotopic (exact) mass is 286 g/mol. The van der Waals surface area contributed by atoms with Crippen LogP contribution in [-0.2, 0) is 0 Å². The maximum absolute atomic E-state index is 13.5. The van der Waals surface area contributed by atoms with E-state index in [1.165, 1.54) is 12.1 Å². The number of nitrogens with two attached hydrogens (primary N) is 1. The largest absolute Gasteiger partial charge is 0.322 e. The highest BCUT2D eigenvalue weighted by molar-refractivity contribution is 6.04. The molecule has 106 valence electrons. The Hall–Kier alpha value is -2.71. The number of amides is 1. The van der Waals surface area contributed by atoms with Crippen molar-refractivity contribution in [2.24, 2.45) is 5.73 Å². The molecule has 0 radical (unpaired) electrons. The van der Waals surface area contributed by atoms with E-state index in [1.54, 1.807) is 24.3 Å². The Morgan fingerprint density at radius 2 is 1.86 bits per heavy atom. The van der Waals surface area contributed by atoms with Crippen molar-refractivity contribution >= 4 is 11.6 Å². The summed E-state index contributed by atoms with van der Waals surface area (Å²) in [6, 6.07) is 10.1. The number of hydrogen-bond donors (Lipinski definition) is 2. The van der Waals surface area contributed by atoms with Crippen molar-refractivity contribution in [3.05, 3.63) is 65.2 Å². The molecule has 0 aliphatic carbocycles. The third-order valence-electron chi connectivity index (χ3n) is 2.67. The number of anilines is 1. The van der Waals surface area contributed by atoms with Gasteiger partial charge in [-0.2, -0.15) is 0 Å². The number of benzene rings is 2. The van der Waals surface area contributed by atoms with E-state index >= 15 is 0 Å². The normalized spacial score (nSPS) is 9.67. The van der Waals surface area contributed by atoms with Crippen LogP contribution in [0.2, 0.25) is 0 Å². The topological polar surface area (TPSA) is 55.1 Å². The Morgan fingerprint density at radius 3 is 2.52 bits per heavy atom. The highest BCUT2D eigenvalue weighted by atomic mass is 19.2. The summed E-state index contributed by atoms with van der Waals surface area (Å²) in [5.41, 5.74) is 6.13. The lowest BCUT2D eigenvalue weighted by Crippen LogP contribution is -2.14. The van der Waals surface area contributed by atoms with Crippen molar-refractivity contribution in [1.29, 1.82) is 0 Å². The second-order valence-electron chi connectivity index (χ2n) is 4.14. The van der Waals surface area contributed by atoms with Gasteiger partial charge in [-0.3, -0.25) is 4.79 Å². The van der Waals surface area contributed by atoms with Gasteiger partial charge in [-0.15, -0.1) is 0 Å². The molecule has 0 saturated heterocycles. The third kappa shape index (κ3) is 3.65. The van der Waals surface area contributed by atoms with Crippen molar-refractivity contribution < 1.29 is 13.6 Å². The van der Waals surface area contributed by atoms with Gasteiger partial charge >= 0.3 is 0 Å². The fourth-order valence-electron chi connectivity index (χ4n) is 1.67. The van der Waals surface area contributed by atoms with E-state index in [1.807, 2.05) is 0 Å². The summed E-state index contributed by atoms with van der Waals surface area (Å²) in [4.78, 5) is 11.9. The summed E-state index contributed by atoms with van der Waals surface area (Å²) < 4.78 is 26.6. The highest BCUT2D eigenvalue weighted by Gasteiger charge is 2.14. The van der Waals surface area contributed by atoms with E-state index in [0.29, 0.717) is 5.69 Å². The SMILES string of the molecule is NCC#Cc1ccc(NC(=O)c2cccc(F)c2F)cc1. The average molecular weight is 286 g/mol. The van der Waals surface area contributed by atoms with Crippen LogP contribution in [0, 0.1) is 23.5 Å². The Bertz CT molecular complexity index is 715. The molecule has 0 bridgehead atoms. The zero-order valence-electron chi connectivity index (χ0n) is 11.0. The predicted octanol–water partition coefficient (Wildman–Crippen LogP) is 2.53. The van der Waals surface area contributed by atoms with Crippen LogP contribution in [-0.4, -0.2) is 12.5 Å². The van der Waals surface area contributed by atoms with Gasteiger partial charge in [-0.05, 0) is 36.4 Å². The third-order valence-corrected chi connectivity index (χ3v) is 2.67. The second kappa shape index (κ2) is 6.64. The van der Waals surface area contributed by atoms with Crippen molar-refractivity contribution in [2.75, 3.05) is 11.9 Å². The molecule has 21 heavy (non-hydrogen) atoms. The van der Waals surface area contributed by atoms with Crippen molar-refractivity contribution in [2.45, 2.75) is 0 Å². The van der Waals surface area contributed by atoms with Gasteiger partial charge in [0.05, 0.1) is 12.1 Å². The molecule has 3 nitrogen and oxygen atoms in total. The van der Waals surface area contributed by atoms with E-state index < -0.39 is 17.5 Å². The lowest BCUT2D eigenvalue weighted by Gasteiger charge is -2.06. The number of carbonyl (C=O) groups is 1. The first-order valence-electron chi connectivity index (χ1n) is 6.16. The number of nitrogens with one attached hydrogen (secondary N) is 1. The molecule has 1 amide bonds. The molecule has 0 unspecified atom stereocenters. The zero-order chi connectivity index (χ0) is 15.2. The molecular formula is C16H12F2N2O. The van der Waals surface area contributed by atoms with Crippen LogP contribution in [0.3, 0.4) is 0 Å². The summed E-state index contributed by atoms with van der Waals surface area (Å²) in [5.74, 6) is 2.60. The van der Waals surface area contributed by atoms with E-state index in [-0.39, 0.29) is 12.1 Å². The Kier molecular flexibility index (Phi) is 4.64.